The Labute approximate surface area is 108 Å². The van der Waals surface area contributed by atoms with Gasteiger partial charge in [-0.1, -0.05) is 0 Å². The third-order valence-corrected chi connectivity index (χ3v) is 3.23. The average Bonchev–Trinajstić information content (AvgIpc) is 2.67. The van der Waals surface area contributed by atoms with Crippen molar-refractivity contribution in [2.45, 2.75) is 10.2 Å². The van der Waals surface area contributed by atoms with E-state index in [1.54, 1.807) is 7.05 Å². The molecule has 0 fully saturated rings. The predicted molar refractivity (Wildman–Crippen MR) is 61.5 cm³/mol. The van der Waals surface area contributed by atoms with Crippen LogP contribution in [0.1, 0.15) is 0 Å². The number of aryl methyl sites for hydroxylation is 1. The maximum atomic E-state index is 10.9. The molecule has 0 saturated carbocycles. The Bertz CT molecular complexity index is 573. The molecule has 0 atom stereocenters. The maximum absolute atomic E-state index is 10.9. The monoisotopic (exact) mass is 316 g/mol. The Hall–Kier alpha value is -1.55. The lowest BCUT2D eigenvalue weighted by atomic mass is 10.4. The summed E-state index contributed by atoms with van der Waals surface area (Å²) in [5.41, 5.74) is -0.0904. The number of tetrazole rings is 1. The van der Waals surface area contributed by atoms with Crippen molar-refractivity contribution in [1.29, 1.82) is 0 Å². The van der Waals surface area contributed by atoms with Crippen molar-refractivity contribution in [2.75, 3.05) is 0 Å². The molecule has 0 bridgehead atoms. The van der Waals surface area contributed by atoms with Crippen LogP contribution in [-0.2, 0) is 7.05 Å². The Kier molecular flexibility index (Phi) is 3.33. The molecule has 2 heterocycles. The van der Waals surface area contributed by atoms with Gasteiger partial charge in [-0.3, -0.25) is 10.1 Å². The summed E-state index contributed by atoms with van der Waals surface area (Å²) in [7, 11) is 1.65. The summed E-state index contributed by atoms with van der Waals surface area (Å²) in [6, 6.07) is 1.39. The standard InChI is InChI=1S/C7H5BrN6O2S/c1-13-7(10-11-12-13)17-6-5(14(15)16)2-4(8)3-9-6/h2-3H,1H3. The van der Waals surface area contributed by atoms with E-state index in [1.807, 2.05) is 0 Å². The smallest absolute Gasteiger partial charge is 0.258 e. The fraction of sp³-hybridized carbons (Fsp3) is 0.143. The molecule has 2 rings (SSSR count). The Morgan fingerprint density at radius 2 is 2.35 bits per heavy atom. The van der Waals surface area contributed by atoms with Gasteiger partial charge < -0.3 is 0 Å². The fourth-order valence-corrected chi connectivity index (χ4v) is 2.10. The van der Waals surface area contributed by atoms with E-state index in [0.717, 1.165) is 11.8 Å². The summed E-state index contributed by atoms with van der Waals surface area (Å²) < 4.78 is 1.96. The van der Waals surface area contributed by atoms with E-state index in [4.69, 9.17) is 0 Å². The van der Waals surface area contributed by atoms with Gasteiger partial charge in [0.05, 0.1) is 4.92 Å². The largest absolute Gasteiger partial charge is 0.302 e. The molecule has 0 N–H and O–H groups in total. The van der Waals surface area contributed by atoms with Crippen LogP contribution in [0, 0.1) is 10.1 Å². The lowest BCUT2D eigenvalue weighted by Gasteiger charge is -2.00. The van der Waals surface area contributed by atoms with Gasteiger partial charge >= 0.3 is 5.69 Å². The minimum atomic E-state index is -0.496. The number of pyridine rings is 1. The van der Waals surface area contributed by atoms with Crippen molar-refractivity contribution < 1.29 is 4.92 Å². The molecule has 10 heteroatoms. The second kappa shape index (κ2) is 4.75. The van der Waals surface area contributed by atoms with E-state index >= 15 is 0 Å². The minimum Gasteiger partial charge on any atom is -0.258 e. The van der Waals surface area contributed by atoms with Crippen LogP contribution in [0.4, 0.5) is 5.69 Å². The van der Waals surface area contributed by atoms with Crippen LogP contribution < -0.4 is 0 Å². The number of aromatic nitrogens is 5. The molecule has 2 aromatic heterocycles. The molecule has 0 aromatic carbocycles. The quantitative estimate of drug-likeness (QED) is 0.623. The molecule has 0 aliphatic heterocycles. The van der Waals surface area contributed by atoms with Crippen molar-refractivity contribution in [2.24, 2.45) is 7.05 Å². The van der Waals surface area contributed by atoms with Gasteiger partial charge in [0.15, 0.2) is 5.03 Å². The molecular weight excluding hydrogens is 312 g/mol. The number of rotatable bonds is 3. The van der Waals surface area contributed by atoms with Crippen molar-refractivity contribution in [3.63, 3.8) is 0 Å². The third-order valence-electron chi connectivity index (χ3n) is 1.76. The van der Waals surface area contributed by atoms with Crippen molar-refractivity contribution >= 4 is 33.4 Å². The highest BCUT2D eigenvalue weighted by Gasteiger charge is 2.19. The molecule has 0 aliphatic carbocycles. The molecule has 8 nitrogen and oxygen atoms in total. The predicted octanol–water partition coefficient (Wildman–Crippen LogP) is 1.43. The highest BCUT2D eigenvalue weighted by Crippen LogP contribution is 2.32. The number of nitrogens with zero attached hydrogens (tertiary/aromatic N) is 6. The summed E-state index contributed by atoms with van der Waals surface area (Å²) in [5.74, 6) is 0. The van der Waals surface area contributed by atoms with Gasteiger partial charge in [-0.2, -0.15) is 0 Å². The van der Waals surface area contributed by atoms with Gasteiger partial charge in [0.1, 0.15) is 0 Å². The zero-order chi connectivity index (χ0) is 12.4. The number of hydrogen-bond acceptors (Lipinski definition) is 7. The van der Waals surface area contributed by atoms with Gasteiger partial charge in [-0.25, -0.2) is 9.67 Å². The molecule has 0 unspecified atom stereocenters. The van der Waals surface area contributed by atoms with E-state index in [0.29, 0.717) is 9.63 Å². The molecular formula is C7H5BrN6O2S. The first-order chi connectivity index (χ1) is 8.08. The van der Waals surface area contributed by atoms with Crippen molar-refractivity contribution in [3.8, 4) is 0 Å². The van der Waals surface area contributed by atoms with Crippen LogP contribution in [0.2, 0.25) is 0 Å². The zero-order valence-corrected chi connectivity index (χ0v) is 10.8. The third kappa shape index (κ3) is 2.58. The van der Waals surface area contributed by atoms with Crippen LogP contribution in [0.25, 0.3) is 0 Å². The highest BCUT2D eigenvalue weighted by molar-refractivity contribution is 9.10. The van der Waals surface area contributed by atoms with E-state index in [9.17, 15) is 10.1 Å². The Balaban J connectivity index is 2.39. The molecule has 88 valence electrons. The summed E-state index contributed by atoms with van der Waals surface area (Å²) in [6.07, 6.45) is 1.49. The molecule has 0 aliphatic rings. The SMILES string of the molecule is Cn1nnnc1Sc1ncc(Br)cc1[N+](=O)[O-]. The van der Waals surface area contributed by atoms with Crippen LogP contribution in [0.15, 0.2) is 26.9 Å². The van der Waals surface area contributed by atoms with Gasteiger partial charge in [0, 0.05) is 23.8 Å². The lowest BCUT2D eigenvalue weighted by Crippen LogP contribution is -1.96. The van der Waals surface area contributed by atoms with Gasteiger partial charge in [0.25, 0.3) is 0 Å². The van der Waals surface area contributed by atoms with E-state index in [2.05, 4.69) is 36.4 Å². The molecule has 0 spiro atoms. The van der Waals surface area contributed by atoms with E-state index < -0.39 is 4.92 Å². The first-order valence-corrected chi connectivity index (χ1v) is 5.89. The number of halogens is 1. The van der Waals surface area contributed by atoms with Crippen LogP contribution in [-0.4, -0.2) is 30.1 Å². The number of hydrogen-bond donors (Lipinski definition) is 0. The topological polar surface area (TPSA) is 99.6 Å². The minimum absolute atomic E-state index is 0.0904. The lowest BCUT2D eigenvalue weighted by molar-refractivity contribution is -0.388. The average molecular weight is 317 g/mol. The molecule has 17 heavy (non-hydrogen) atoms. The Morgan fingerprint density at radius 1 is 1.59 bits per heavy atom. The highest BCUT2D eigenvalue weighted by atomic mass is 79.9. The van der Waals surface area contributed by atoms with Gasteiger partial charge in [-0.05, 0) is 38.1 Å². The van der Waals surface area contributed by atoms with Crippen molar-refractivity contribution in [3.05, 3.63) is 26.9 Å². The fourth-order valence-electron chi connectivity index (χ4n) is 1.02. The normalized spacial score (nSPS) is 10.5. The summed E-state index contributed by atoms with van der Waals surface area (Å²) in [5, 5.41) is 22.3. The second-order valence-corrected chi connectivity index (χ2v) is 4.79. The zero-order valence-electron chi connectivity index (χ0n) is 8.44. The molecule has 0 radical (unpaired) electrons. The molecule has 0 amide bonds. The Morgan fingerprint density at radius 3 is 2.94 bits per heavy atom. The second-order valence-electron chi connectivity index (χ2n) is 2.92. The summed E-state index contributed by atoms with van der Waals surface area (Å²) >= 11 is 4.17. The van der Waals surface area contributed by atoms with Gasteiger partial charge in [0.2, 0.25) is 5.16 Å². The summed E-state index contributed by atoms with van der Waals surface area (Å²) in [4.78, 5) is 14.3. The van der Waals surface area contributed by atoms with E-state index in [1.165, 1.54) is 16.9 Å². The van der Waals surface area contributed by atoms with E-state index in [-0.39, 0.29) is 10.7 Å². The molecule has 0 saturated heterocycles. The molecule has 2 aromatic rings. The first-order valence-electron chi connectivity index (χ1n) is 4.28. The van der Waals surface area contributed by atoms with Crippen molar-refractivity contribution in [1.82, 2.24) is 25.2 Å². The number of nitro groups is 1. The van der Waals surface area contributed by atoms with Crippen LogP contribution >= 0.6 is 27.7 Å². The first kappa shape index (κ1) is 11.9. The summed E-state index contributed by atoms with van der Waals surface area (Å²) in [6.45, 7) is 0. The van der Waals surface area contributed by atoms with Crippen LogP contribution in [0.3, 0.4) is 0 Å². The maximum Gasteiger partial charge on any atom is 0.302 e. The van der Waals surface area contributed by atoms with Crippen LogP contribution in [0.5, 0.6) is 0 Å². The van der Waals surface area contributed by atoms with Gasteiger partial charge in [-0.15, -0.1) is 5.10 Å².